The molecular weight excluding hydrogens is 959 g/mol. The highest BCUT2D eigenvalue weighted by atomic mass is 35.5. The third-order valence-corrected chi connectivity index (χ3v) is 11.1. The Morgan fingerprint density at radius 2 is 1.06 bits per heavy atom. The predicted octanol–water partition coefficient (Wildman–Crippen LogP) is 11.4. The number of hydrogen-bond donors (Lipinski definition) is 1. The second-order valence-corrected chi connectivity index (χ2v) is 16.9. The lowest BCUT2D eigenvalue weighted by Gasteiger charge is -2.18. The summed E-state index contributed by atoms with van der Waals surface area (Å²) in [6, 6.07) is 14.7. The van der Waals surface area contributed by atoms with Crippen molar-refractivity contribution in [1.82, 2.24) is 29.5 Å². The molecule has 6 heterocycles. The molecule has 0 unspecified atom stereocenters. The SMILES string of the molecule is COC(=S)Cl.COC(=S)Oc1c(C)c(-c2cccnc2)oc(=O)c1-c1c(C)cc(-n2cc(Cl)cn2)cc1C.Cc1cc(-n2cc(Cl)cn2)cc(C)c1-c1c(O)c(C)c(-c2cccnc2)oc1=O. The molecule has 0 aliphatic rings. The van der Waals surface area contributed by atoms with Crippen LogP contribution in [0, 0.1) is 41.5 Å². The molecule has 19 heteroatoms. The number of benzene rings is 2. The van der Waals surface area contributed by atoms with Crippen molar-refractivity contribution in [1.29, 1.82) is 0 Å². The zero-order valence-electron chi connectivity index (χ0n) is 37.2. The van der Waals surface area contributed by atoms with E-state index in [1.165, 1.54) is 14.2 Å². The molecule has 0 fully saturated rings. The van der Waals surface area contributed by atoms with Crippen molar-refractivity contribution in [3.63, 3.8) is 0 Å². The van der Waals surface area contributed by atoms with Crippen molar-refractivity contribution in [3.8, 4) is 67.8 Å². The highest BCUT2D eigenvalue weighted by Gasteiger charge is 2.26. The van der Waals surface area contributed by atoms with Gasteiger partial charge in [0.05, 0.1) is 48.0 Å². The first-order valence-corrected chi connectivity index (χ1v) is 21.9. The first-order chi connectivity index (χ1) is 31.9. The lowest BCUT2D eigenvalue weighted by atomic mass is 9.93. The van der Waals surface area contributed by atoms with E-state index in [9.17, 15) is 14.7 Å². The summed E-state index contributed by atoms with van der Waals surface area (Å²) in [5.74, 6) is 0.838. The van der Waals surface area contributed by atoms with Crippen LogP contribution in [0.3, 0.4) is 0 Å². The average Bonchev–Trinajstić information content (AvgIpc) is 3.96. The van der Waals surface area contributed by atoms with Crippen molar-refractivity contribution < 1.29 is 28.2 Å². The van der Waals surface area contributed by atoms with Gasteiger partial charge in [0.25, 0.3) is 4.51 Å². The minimum atomic E-state index is -0.604. The van der Waals surface area contributed by atoms with Crippen LogP contribution in [0.5, 0.6) is 11.5 Å². The lowest BCUT2D eigenvalue weighted by Crippen LogP contribution is -2.15. The topological polar surface area (TPSA) is 170 Å². The van der Waals surface area contributed by atoms with E-state index in [1.807, 2.05) is 52.0 Å². The minimum Gasteiger partial charge on any atom is -0.507 e. The molecule has 2 aromatic carbocycles. The van der Waals surface area contributed by atoms with E-state index in [2.05, 4.69) is 37.1 Å². The molecule has 0 atom stereocenters. The molecule has 0 saturated carbocycles. The standard InChI is InChI=1S/C24H20ClN3O4S.C22H18ClN3O3.C2H3ClOS/c1-13-8-18(28-12-17(25)11-27-28)9-14(2)19(13)20-22(32-24(33)30-4)15(3)21(31-23(20)29)16-6-5-7-26-10-16;1-12-7-17(26-11-16(23)10-25-26)8-13(2)18(12)19-20(27)14(3)21(29-22(19)28)15-5-4-6-24-9-15;1-4-2(3)5/h5-12H,1-4H3;4-11,27H,1-3H3;1H3. The number of halogens is 3. The van der Waals surface area contributed by atoms with E-state index in [0.717, 1.165) is 33.6 Å². The summed E-state index contributed by atoms with van der Waals surface area (Å²) in [5, 5.41) is 20.3. The van der Waals surface area contributed by atoms with Gasteiger partial charge in [-0.15, -0.1) is 0 Å². The Kier molecular flexibility index (Phi) is 16.1. The molecule has 0 amide bonds. The maximum atomic E-state index is 13.3. The Balaban J connectivity index is 0.000000202. The summed E-state index contributed by atoms with van der Waals surface area (Å²) in [5.41, 5.74) is 7.80. The van der Waals surface area contributed by atoms with Gasteiger partial charge < -0.3 is 28.2 Å². The molecule has 0 radical (unpaired) electrons. The van der Waals surface area contributed by atoms with Gasteiger partial charge in [-0.25, -0.2) is 19.0 Å². The second-order valence-electron chi connectivity index (χ2n) is 14.7. The Morgan fingerprint density at radius 1 is 0.642 bits per heavy atom. The molecular formula is C48H41Cl3N6O8S2. The van der Waals surface area contributed by atoms with Crippen LogP contribution in [0.2, 0.25) is 10.0 Å². The molecule has 0 spiro atoms. The summed E-state index contributed by atoms with van der Waals surface area (Å²) in [7, 11) is 2.83. The van der Waals surface area contributed by atoms with Crippen LogP contribution in [0.4, 0.5) is 0 Å². The van der Waals surface area contributed by atoms with Gasteiger partial charge in [0.1, 0.15) is 28.4 Å². The maximum Gasteiger partial charge on any atom is 0.357 e. The number of hydrogen-bond acceptors (Lipinski definition) is 14. The Morgan fingerprint density at radius 3 is 1.43 bits per heavy atom. The van der Waals surface area contributed by atoms with Crippen LogP contribution in [-0.2, 0) is 9.47 Å². The van der Waals surface area contributed by atoms with Crippen LogP contribution >= 0.6 is 59.2 Å². The maximum absolute atomic E-state index is 13.3. The number of aromatic nitrogens is 6. The number of ether oxygens (including phenoxy) is 3. The third kappa shape index (κ3) is 11.3. The second kappa shape index (κ2) is 21.7. The quantitative estimate of drug-likeness (QED) is 0.118. The van der Waals surface area contributed by atoms with Crippen molar-refractivity contribution in [2.45, 2.75) is 41.5 Å². The molecule has 0 aliphatic carbocycles. The highest BCUT2D eigenvalue weighted by molar-refractivity contribution is 7.82. The average molecular weight is 1000 g/mol. The van der Waals surface area contributed by atoms with Crippen LogP contribution in [0.1, 0.15) is 33.4 Å². The summed E-state index contributed by atoms with van der Waals surface area (Å²) in [6.45, 7) is 11.1. The number of aryl methyl sites for hydroxylation is 4. The monoisotopic (exact) mass is 998 g/mol. The molecule has 1 N–H and O–H groups in total. The van der Waals surface area contributed by atoms with Crippen molar-refractivity contribution in [3.05, 3.63) is 162 Å². The molecule has 6 aromatic heterocycles. The number of nitrogens with zero attached hydrogens (tertiary/aromatic N) is 6. The van der Waals surface area contributed by atoms with Gasteiger partial charge in [0.2, 0.25) is 0 Å². The highest BCUT2D eigenvalue weighted by Crippen LogP contribution is 2.41. The summed E-state index contributed by atoms with van der Waals surface area (Å²) < 4.78 is 29.9. The molecule has 8 aromatic rings. The van der Waals surface area contributed by atoms with Gasteiger partial charge in [-0.2, -0.15) is 10.2 Å². The van der Waals surface area contributed by atoms with Gasteiger partial charge in [0, 0.05) is 71.7 Å². The summed E-state index contributed by atoms with van der Waals surface area (Å²) in [6.07, 6.45) is 13.0. The molecule has 8 rings (SSSR count). The molecule has 14 nitrogen and oxygen atoms in total. The predicted molar refractivity (Wildman–Crippen MR) is 267 cm³/mol. The van der Waals surface area contributed by atoms with Gasteiger partial charge in [0.15, 0.2) is 5.75 Å². The van der Waals surface area contributed by atoms with Crippen LogP contribution in [-0.4, -0.2) is 58.6 Å². The fourth-order valence-electron chi connectivity index (χ4n) is 7.27. The van der Waals surface area contributed by atoms with Crippen LogP contribution in [0.25, 0.3) is 56.3 Å². The molecule has 67 heavy (non-hydrogen) atoms. The first kappa shape index (κ1) is 49.7. The molecule has 0 aliphatic heterocycles. The van der Waals surface area contributed by atoms with E-state index >= 15 is 0 Å². The van der Waals surface area contributed by atoms with Crippen molar-refractivity contribution in [2.75, 3.05) is 14.2 Å². The Hall–Kier alpha value is -6.69. The Labute approximate surface area is 410 Å². The van der Waals surface area contributed by atoms with Crippen molar-refractivity contribution >= 4 is 69.0 Å². The number of thiocarbonyl (C=S) groups is 2. The van der Waals surface area contributed by atoms with Gasteiger partial charge >= 0.3 is 16.5 Å². The van der Waals surface area contributed by atoms with Gasteiger partial charge in [-0.3, -0.25) is 9.97 Å². The largest absolute Gasteiger partial charge is 0.507 e. The van der Waals surface area contributed by atoms with E-state index < -0.39 is 11.3 Å². The molecule has 0 saturated heterocycles. The fourth-order valence-corrected chi connectivity index (χ4v) is 7.62. The smallest absolute Gasteiger partial charge is 0.357 e. The Bertz CT molecular complexity index is 3200. The summed E-state index contributed by atoms with van der Waals surface area (Å²) in [4.78, 5) is 34.4. The number of aromatic hydroxyl groups is 1. The molecule has 0 bridgehead atoms. The third-order valence-electron chi connectivity index (χ3n) is 10.2. The number of rotatable bonds is 7. The van der Waals surface area contributed by atoms with Gasteiger partial charge in [-0.05, 0) is 147 Å². The van der Waals surface area contributed by atoms with Crippen LogP contribution in [0.15, 0.2) is 117 Å². The van der Waals surface area contributed by atoms with Crippen LogP contribution < -0.4 is 16.0 Å². The normalized spacial score (nSPS) is 10.6. The minimum absolute atomic E-state index is 0.0602. The zero-order valence-corrected chi connectivity index (χ0v) is 41.1. The van der Waals surface area contributed by atoms with E-state index in [1.54, 1.807) is 97.1 Å². The van der Waals surface area contributed by atoms with Crippen molar-refractivity contribution in [2.24, 2.45) is 0 Å². The van der Waals surface area contributed by atoms with Gasteiger partial charge in [-0.1, -0.05) is 23.2 Å². The van der Waals surface area contributed by atoms with E-state index in [0.29, 0.717) is 54.9 Å². The lowest BCUT2D eigenvalue weighted by molar-refractivity contribution is 0.313. The molecule has 344 valence electrons. The number of pyridine rings is 2. The number of methoxy groups -OCH3 is 2. The van der Waals surface area contributed by atoms with E-state index in [-0.39, 0.29) is 32.4 Å². The summed E-state index contributed by atoms with van der Waals surface area (Å²) >= 11 is 26.3. The van der Waals surface area contributed by atoms with E-state index in [4.69, 9.17) is 65.3 Å². The first-order valence-electron chi connectivity index (χ1n) is 19.9. The fraction of sp³-hybridized carbons (Fsp3) is 0.167. The zero-order chi connectivity index (χ0) is 48.7.